The van der Waals surface area contributed by atoms with Crippen molar-refractivity contribution in [3.63, 3.8) is 0 Å². The minimum atomic E-state index is -0.549. The number of piperidine rings is 1. The molecule has 1 aliphatic heterocycles. The van der Waals surface area contributed by atoms with Gasteiger partial charge in [0.15, 0.2) is 11.5 Å². The Morgan fingerprint density at radius 2 is 2.08 bits per heavy atom. The number of H-pyrrole nitrogens is 1. The number of nitrogens with one attached hydrogen (secondary N) is 2. The fraction of sp³-hybridized carbons (Fsp3) is 0.520. The van der Waals surface area contributed by atoms with E-state index >= 15 is 0 Å². The lowest BCUT2D eigenvalue weighted by Crippen LogP contribution is -2.51. The lowest BCUT2D eigenvalue weighted by molar-refractivity contribution is -0.128. The van der Waals surface area contributed by atoms with Gasteiger partial charge in [-0.1, -0.05) is 0 Å². The highest BCUT2D eigenvalue weighted by Gasteiger charge is 2.54. The normalized spacial score (nSPS) is 21.1. The summed E-state index contributed by atoms with van der Waals surface area (Å²) < 4.78 is 25.1. The third-order valence-corrected chi connectivity index (χ3v) is 7.58. The molecule has 12 heteroatoms. The predicted octanol–water partition coefficient (Wildman–Crippen LogP) is 3.14. The zero-order valence-corrected chi connectivity index (χ0v) is 20.7. The monoisotopic (exact) mass is 509 g/mol. The lowest BCUT2D eigenvalue weighted by atomic mass is 9.87. The van der Waals surface area contributed by atoms with Crippen molar-refractivity contribution >= 4 is 11.8 Å². The molecule has 194 valence electrons. The number of hydrogen-bond donors (Lipinski definition) is 2. The Hall–Kier alpha value is -3.83. The van der Waals surface area contributed by atoms with Gasteiger partial charge in [-0.2, -0.15) is 5.10 Å². The summed E-state index contributed by atoms with van der Waals surface area (Å²) in [6.45, 7) is 2.28. The zero-order valence-electron chi connectivity index (χ0n) is 20.7. The maximum atomic E-state index is 14.3. The van der Waals surface area contributed by atoms with Crippen LogP contribution in [0.15, 0.2) is 22.7 Å². The molecule has 2 amide bonds. The van der Waals surface area contributed by atoms with E-state index in [4.69, 9.17) is 9.15 Å². The van der Waals surface area contributed by atoms with Gasteiger partial charge in [-0.15, -0.1) is 10.2 Å². The summed E-state index contributed by atoms with van der Waals surface area (Å²) in [6.07, 6.45) is 5.99. The molecule has 1 spiro atoms. The maximum absolute atomic E-state index is 14.3. The first-order valence-corrected chi connectivity index (χ1v) is 12.6. The SMILES string of the molecule is COc1cc(-c2cc(C(=O)N3CCC(C(=O)N[C@H](C)c4nnc(C5CC5)o4)CC34CC4)n[nH]2)c(F)cn1. The van der Waals surface area contributed by atoms with Crippen molar-refractivity contribution in [3.8, 4) is 17.1 Å². The van der Waals surface area contributed by atoms with Crippen LogP contribution in [-0.4, -0.2) is 61.3 Å². The molecule has 6 rings (SSSR count). The van der Waals surface area contributed by atoms with Crippen molar-refractivity contribution in [2.24, 2.45) is 5.92 Å². The van der Waals surface area contributed by atoms with E-state index in [-0.39, 0.29) is 46.5 Å². The highest BCUT2D eigenvalue weighted by molar-refractivity contribution is 5.94. The average molecular weight is 510 g/mol. The van der Waals surface area contributed by atoms with E-state index in [0.29, 0.717) is 42.8 Å². The van der Waals surface area contributed by atoms with Gasteiger partial charge < -0.3 is 19.4 Å². The molecule has 2 aliphatic carbocycles. The first kappa shape index (κ1) is 23.6. The zero-order chi connectivity index (χ0) is 25.7. The summed E-state index contributed by atoms with van der Waals surface area (Å²) in [4.78, 5) is 32.1. The second-order valence-electron chi connectivity index (χ2n) is 10.2. The van der Waals surface area contributed by atoms with E-state index in [2.05, 4.69) is 30.7 Å². The number of carbonyl (C=O) groups excluding carboxylic acids is 2. The first-order chi connectivity index (χ1) is 17.9. The van der Waals surface area contributed by atoms with E-state index in [0.717, 1.165) is 31.9 Å². The molecule has 2 atom stereocenters. The van der Waals surface area contributed by atoms with Crippen LogP contribution >= 0.6 is 0 Å². The van der Waals surface area contributed by atoms with Gasteiger partial charge >= 0.3 is 0 Å². The van der Waals surface area contributed by atoms with Gasteiger partial charge in [-0.05, 0) is 51.5 Å². The number of likely N-dealkylation sites (tertiary alicyclic amines) is 1. The number of hydrogen-bond acceptors (Lipinski definition) is 8. The number of aromatic amines is 1. The smallest absolute Gasteiger partial charge is 0.274 e. The molecule has 0 bridgehead atoms. The molecule has 4 heterocycles. The lowest BCUT2D eigenvalue weighted by Gasteiger charge is -2.39. The van der Waals surface area contributed by atoms with Gasteiger partial charge in [0.2, 0.25) is 23.6 Å². The third kappa shape index (κ3) is 4.44. The maximum Gasteiger partial charge on any atom is 0.274 e. The number of ether oxygens (including phenoxy) is 1. The van der Waals surface area contributed by atoms with Crippen molar-refractivity contribution in [1.82, 2.24) is 35.6 Å². The van der Waals surface area contributed by atoms with Crippen LogP contribution in [0.3, 0.4) is 0 Å². The number of pyridine rings is 1. The molecule has 3 fully saturated rings. The van der Waals surface area contributed by atoms with Crippen molar-refractivity contribution in [2.75, 3.05) is 13.7 Å². The molecule has 3 aromatic rings. The Balaban J connectivity index is 1.11. The van der Waals surface area contributed by atoms with Crippen LogP contribution in [0.1, 0.15) is 79.7 Å². The Morgan fingerprint density at radius 1 is 1.27 bits per heavy atom. The van der Waals surface area contributed by atoms with Crippen LogP contribution in [0, 0.1) is 11.7 Å². The van der Waals surface area contributed by atoms with Crippen molar-refractivity contribution in [2.45, 2.75) is 62.9 Å². The fourth-order valence-corrected chi connectivity index (χ4v) is 5.11. The topological polar surface area (TPSA) is 139 Å². The minimum Gasteiger partial charge on any atom is -0.481 e. The largest absolute Gasteiger partial charge is 0.481 e. The Morgan fingerprint density at radius 3 is 2.81 bits per heavy atom. The molecular weight excluding hydrogens is 481 g/mol. The summed E-state index contributed by atoms with van der Waals surface area (Å²) in [5.74, 6) is 0.619. The molecule has 2 saturated carbocycles. The van der Waals surface area contributed by atoms with Gasteiger partial charge in [0, 0.05) is 35.5 Å². The van der Waals surface area contributed by atoms with Crippen LogP contribution in [0.2, 0.25) is 0 Å². The van der Waals surface area contributed by atoms with Crippen molar-refractivity contribution < 1.29 is 23.1 Å². The van der Waals surface area contributed by atoms with E-state index in [1.54, 1.807) is 0 Å². The van der Waals surface area contributed by atoms with Gasteiger partial charge in [0.05, 0.1) is 19.0 Å². The number of nitrogens with zero attached hydrogens (tertiary/aromatic N) is 5. The number of halogens is 1. The highest BCUT2D eigenvalue weighted by Crippen LogP contribution is 2.50. The van der Waals surface area contributed by atoms with Crippen LogP contribution in [0.4, 0.5) is 4.39 Å². The number of amides is 2. The van der Waals surface area contributed by atoms with E-state index in [1.807, 2.05) is 11.8 Å². The quantitative estimate of drug-likeness (QED) is 0.495. The van der Waals surface area contributed by atoms with E-state index in [1.165, 1.54) is 19.2 Å². The van der Waals surface area contributed by atoms with Crippen LogP contribution in [0.5, 0.6) is 5.88 Å². The summed E-state index contributed by atoms with van der Waals surface area (Å²) in [6, 6.07) is 2.61. The van der Waals surface area contributed by atoms with Crippen molar-refractivity contribution in [1.29, 1.82) is 0 Å². The van der Waals surface area contributed by atoms with Gasteiger partial charge in [-0.3, -0.25) is 14.7 Å². The number of methoxy groups -OCH3 is 1. The van der Waals surface area contributed by atoms with Crippen LogP contribution in [0.25, 0.3) is 11.3 Å². The molecule has 11 nitrogen and oxygen atoms in total. The molecule has 3 aromatic heterocycles. The van der Waals surface area contributed by atoms with Crippen LogP contribution in [-0.2, 0) is 4.79 Å². The summed E-state index contributed by atoms with van der Waals surface area (Å²) in [7, 11) is 1.45. The van der Waals surface area contributed by atoms with Crippen molar-refractivity contribution in [3.05, 3.63) is 41.6 Å². The molecule has 3 aliphatic rings. The van der Waals surface area contributed by atoms with Gasteiger partial charge in [0.25, 0.3) is 5.91 Å². The van der Waals surface area contributed by atoms with E-state index < -0.39 is 5.82 Å². The van der Waals surface area contributed by atoms with E-state index in [9.17, 15) is 14.0 Å². The number of rotatable bonds is 7. The fourth-order valence-electron chi connectivity index (χ4n) is 5.11. The highest BCUT2D eigenvalue weighted by atomic mass is 19.1. The molecule has 37 heavy (non-hydrogen) atoms. The van der Waals surface area contributed by atoms with Gasteiger partial charge in [-0.25, -0.2) is 9.37 Å². The van der Waals surface area contributed by atoms with Gasteiger partial charge in [0.1, 0.15) is 6.04 Å². The molecule has 2 N–H and O–H groups in total. The average Bonchev–Trinajstić information content (AvgIpc) is 3.78. The Kier molecular flexibility index (Phi) is 5.68. The standard InChI is InChI=1S/C25H28FN7O4/c1-13(22-31-32-23(37-22)14-3-4-14)28-21(34)15-5-8-33(25(11-15)6-7-25)24(35)19-10-18(29-30-19)16-9-20(36-2)27-12-17(16)26/h9-10,12-15H,3-8,11H2,1-2H3,(H,28,34)(H,29,30)/t13-,15?/m1/s1. The first-order valence-electron chi connectivity index (χ1n) is 12.6. The third-order valence-electron chi connectivity index (χ3n) is 7.58. The Bertz CT molecular complexity index is 1350. The molecule has 0 aromatic carbocycles. The number of aromatic nitrogens is 5. The van der Waals surface area contributed by atoms with Crippen LogP contribution < -0.4 is 10.1 Å². The molecule has 1 unspecified atom stereocenters. The molecule has 1 saturated heterocycles. The summed E-state index contributed by atoms with van der Waals surface area (Å²) in [5, 5.41) is 18.1. The summed E-state index contributed by atoms with van der Waals surface area (Å²) >= 11 is 0. The summed E-state index contributed by atoms with van der Waals surface area (Å²) in [5.41, 5.74) is 0.431. The second-order valence-corrected chi connectivity index (χ2v) is 10.2. The molecule has 0 radical (unpaired) electrons. The Labute approximate surface area is 212 Å². The minimum absolute atomic E-state index is 0.0683. The molecular formula is C25H28FN7O4. The second kappa shape index (κ2) is 8.93. The number of carbonyl (C=O) groups is 2. The predicted molar refractivity (Wildman–Crippen MR) is 127 cm³/mol.